The van der Waals surface area contributed by atoms with E-state index in [1.165, 1.54) is 17.8 Å². The molecule has 3 aromatic rings. The smallest absolute Gasteiger partial charge is 0.234 e. The quantitative estimate of drug-likeness (QED) is 0.496. The first-order chi connectivity index (χ1) is 16.0. The monoisotopic (exact) mass is 469 g/mol. The first-order valence-electron chi connectivity index (χ1n) is 11.0. The highest BCUT2D eigenvalue weighted by Gasteiger charge is 2.19. The second kappa shape index (κ2) is 10.8. The summed E-state index contributed by atoms with van der Waals surface area (Å²) in [5, 5.41) is 12.0. The third-order valence-corrected chi connectivity index (χ3v) is 6.21. The SMILES string of the molecule is CC(C)Cn1c(SCC(=O)Nc2ccc(N3CCOCC3)cc2)nnc1-c1ccccc1F. The number of nitrogens with zero attached hydrogens (tertiary/aromatic N) is 4. The zero-order chi connectivity index (χ0) is 23.2. The minimum atomic E-state index is -0.343. The van der Waals surface area contributed by atoms with Crippen LogP contribution in [-0.4, -0.2) is 52.7 Å². The van der Waals surface area contributed by atoms with Crippen molar-refractivity contribution < 1.29 is 13.9 Å². The number of nitrogens with one attached hydrogen (secondary N) is 1. The Hall–Kier alpha value is -2.91. The van der Waals surface area contributed by atoms with Gasteiger partial charge in [0.2, 0.25) is 5.91 Å². The Morgan fingerprint density at radius 1 is 1.12 bits per heavy atom. The maximum Gasteiger partial charge on any atom is 0.234 e. The molecule has 0 bridgehead atoms. The number of hydrogen-bond donors (Lipinski definition) is 1. The number of morpholine rings is 1. The molecule has 0 spiro atoms. The molecule has 2 heterocycles. The summed E-state index contributed by atoms with van der Waals surface area (Å²) in [4.78, 5) is 14.8. The molecular formula is C24H28FN5O2S. The summed E-state index contributed by atoms with van der Waals surface area (Å²) in [5.41, 5.74) is 2.27. The van der Waals surface area contributed by atoms with Crippen LogP contribution in [0.4, 0.5) is 15.8 Å². The number of ether oxygens (including phenoxy) is 1. The van der Waals surface area contributed by atoms with E-state index in [9.17, 15) is 9.18 Å². The molecule has 1 fully saturated rings. The Balaban J connectivity index is 1.40. The van der Waals surface area contributed by atoms with Crippen LogP contribution in [-0.2, 0) is 16.1 Å². The fourth-order valence-electron chi connectivity index (χ4n) is 3.67. The van der Waals surface area contributed by atoms with Crippen molar-refractivity contribution in [2.24, 2.45) is 5.92 Å². The number of carbonyl (C=O) groups is 1. The van der Waals surface area contributed by atoms with Gasteiger partial charge >= 0.3 is 0 Å². The van der Waals surface area contributed by atoms with Crippen molar-refractivity contribution in [2.45, 2.75) is 25.5 Å². The Labute approximate surface area is 197 Å². The van der Waals surface area contributed by atoms with Gasteiger partial charge in [0, 0.05) is 31.0 Å². The molecule has 1 aliphatic heterocycles. The number of aromatic nitrogens is 3. The molecule has 174 valence electrons. The average Bonchev–Trinajstić information content (AvgIpc) is 3.20. The molecule has 1 N–H and O–H groups in total. The molecular weight excluding hydrogens is 441 g/mol. The average molecular weight is 470 g/mol. The van der Waals surface area contributed by atoms with Gasteiger partial charge in [0.1, 0.15) is 5.82 Å². The summed E-state index contributed by atoms with van der Waals surface area (Å²) in [6.45, 7) is 7.98. The number of rotatable bonds is 8. The van der Waals surface area contributed by atoms with Gasteiger partial charge in [-0.3, -0.25) is 4.79 Å². The molecule has 0 aliphatic carbocycles. The number of anilines is 2. The van der Waals surface area contributed by atoms with Gasteiger partial charge in [-0.05, 0) is 42.3 Å². The second-order valence-corrected chi connectivity index (χ2v) is 9.22. The van der Waals surface area contributed by atoms with Gasteiger partial charge in [0.15, 0.2) is 11.0 Å². The summed E-state index contributed by atoms with van der Waals surface area (Å²) in [7, 11) is 0. The molecule has 0 radical (unpaired) electrons. The summed E-state index contributed by atoms with van der Waals surface area (Å²) >= 11 is 1.30. The normalized spacial score (nSPS) is 14.0. The van der Waals surface area contributed by atoms with E-state index in [1.807, 2.05) is 28.8 Å². The minimum absolute atomic E-state index is 0.134. The van der Waals surface area contributed by atoms with Crippen molar-refractivity contribution >= 4 is 29.0 Å². The molecule has 1 amide bonds. The van der Waals surface area contributed by atoms with Crippen molar-refractivity contribution in [1.29, 1.82) is 0 Å². The molecule has 9 heteroatoms. The van der Waals surface area contributed by atoms with Gasteiger partial charge in [-0.15, -0.1) is 10.2 Å². The highest BCUT2D eigenvalue weighted by Crippen LogP contribution is 2.27. The Kier molecular flexibility index (Phi) is 7.61. The predicted octanol–water partition coefficient (Wildman–Crippen LogP) is 4.31. The molecule has 0 atom stereocenters. The van der Waals surface area contributed by atoms with E-state index in [-0.39, 0.29) is 17.5 Å². The third-order valence-electron chi connectivity index (χ3n) is 5.24. The lowest BCUT2D eigenvalue weighted by Gasteiger charge is -2.28. The molecule has 1 aliphatic rings. The van der Waals surface area contributed by atoms with Crippen LogP contribution in [0.2, 0.25) is 0 Å². The molecule has 0 saturated carbocycles. The van der Waals surface area contributed by atoms with Crippen molar-refractivity contribution in [3.8, 4) is 11.4 Å². The van der Waals surface area contributed by atoms with Gasteiger partial charge in [-0.2, -0.15) is 0 Å². The van der Waals surface area contributed by atoms with Gasteiger partial charge in [0.05, 0.1) is 24.5 Å². The number of benzene rings is 2. The summed E-state index contributed by atoms with van der Waals surface area (Å²) in [6.07, 6.45) is 0. The molecule has 1 aromatic heterocycles. The molecule has 7 nitrogen and oxygen atoms in total. The van der Waals surface area contributed by atoms with E-state index in [4.69, 9.17) is 4.74 Å². The zero-order valence-corrected chi connectivity index (χ0v) is 19.6. The number of hydrogen-bond acceptors (Lipinski definition) is 6. The summed E-state index contributed by atoms with van der Waals surface area (Å²) in [5.74, 6) is 0.488. The molecule has 1 saturated heterocycles. The Bertz CT molecular complexity index is 1080. The molecule has 33 heavy (non-hydrogen) atoms. The number of amides is 1. The maximum atomic E-state index is 14.3. The largest absolute Gasteiger partial charge is 0.378 e. The van der Waals surface area contributed by atoms with Crippen LogP contribution < -0.4 is 10.2 Å². The summed E-state index contributed by atoms with van der Waals surface area (Å²) in [6, 6.07) is 14.4. The highest BCUT2D eigenvalue weighted by atomic mass is 32.2. The van der Waals surface area contributed by atoms with Crippen LogP contribution in [0.5, 0.6) is 0 Å². The Morgan fingerprint density at radius 3 is 2.55 bits per heavy atom. The fraction of sp³-hybridized carbons (Fsp3) is 0.375. The van der Waals surface area contributed by atoms with Crippen LogP contribution >= 0.6 is 11.8 Å². The maximum absolute atomic E-state index is 14.3. The predicted molar refractivity (Wildman–Crippen MR) is 129 cm³/mol. The minimum Gasteiger partial charge on any atom is -0.378 e. The molecule has 2 aromatic carbocycles. The van der Waals surface area contributed by atoms with Gasteiger partial charge in [-0.25, -0.2) is 4.39 Å². The zero-order valence-electron chi connectivity index (χ0n) is 18.8. The fourth-order valence-corrected chi connectivity index (χ4v) is 4.42. The van der Waals surface area contributed by atoms with Crippen LogP contribution in [0.25, 0.3) is 11.4 Å². The van der Waals surface area contributed by atoms with Crippen molar-refractivity contribution in [3.63, 3.8) is 0 Å². The first kappa shape index (κ1) is 23.3. The van der Waals surface area contributed by atoms with Crippen molar-refractivity contribution in [3.05, 3.63) is 54.3 Å². The number of carbonyl (C=O) groups excluding carboxylic acids is 1. The molecule has 4 rings (SSSR count). The van der Waals surface area contributed by atoms with E-state index in [0.717, 1.165) is 37.7 Å². The lowest BCUT2D eigenvalue weighted by Crippen LogP contribution is -2.36. The van der Waals surface area contributed by atoms with Crippen LogP contribution in [0.1, 0.15) is 13.8 Å². The number of halogens is 1. The van der Waals surface area contributed by atoms with Gasteiger partial charge in [-0.1, -0.05) is 37.7 Å². The van der Waals surface area contributed by atoms with E-state index in [1.54, 1.807) is 18.2 Å². The second-order valence-electron chi connectivity index (χ2n) is 8.27. The van der Waals surface area contributed by atoms with Crippen LogP contribution in [0, 0.1) is 11.7 Å². The van der Waals surface area contributed by atoms with E-state index < -0.39 is 0 Å². The first-order valence-corrected chi connectivity index (χ1v) is 12.0. The van der Waals surface area contributed by atoms with Crippen molar-refractivity contribution in [2.75, 3.05) is 42.3 Å². The van der Waals surface area contributed by atoms with E-state index in [2.05, 4.69) is 34.3 Å². The van der Waals surface area contributed by atoms with E-state index in [0.29, 0.717) is 29.0 Å². The number of thioether (sulfide) groups is 1. The standard InChI is InChI=1S/C24H28FN5O2S/c1-17(2)15-30-23(20-5-3-4-6-21(20)25)27-28-24(30)33-16-22(31)26-18-7-9-19(10-8-18)29-11-13-32-14-12-29/h3-10,17H,11-16H2,1-2H3,(H,26,31). The highest BCUT2D eigenvalue weighted by molar-refractivity contribution is 7.99. The Morgan fingerprint density at radius 2 is 1.85 bits per heavy atom. The summed E-state index contributed by atoms with van der Waals surface area (Å²) < 4.78 is 21.6. The van der Waals surface area contributed by atoms with Crippen molar-refractivity contribution in [1.82, 2.24) is 14.8 Å². The lowest BCUT2D eigenvalue weighted by atomic mass is 10.2. The van der Waals surface area contributed by atoms with Crippen LogP contribution in [0.15, 0.2) is 53.7 Å². The topological polar surface area (TPSA) is 72.3 Å². The van der Waals surface area contributed by atoms with Crippen LogP contribution in [0.3, 0.4) is 0 Å². The van der Waals surface area contributed by atoms with Gasteiger partial charge < -0.3 is 19.5 Å². The third kappa shape index (κ3) is 5.91. The lowest BCUT2D eigenvalue weighted by molar-refractivity contribution is -0.113. The van der Waals surface area contributed by atoms with Gasteiger partial charge in [0.25, 0.3) is 0 Å². The molecule has 0 unspecified atom stereocenters. The van der Waals surface area contributed by atoms with E-state index >= 15 is 0 Å².